The van der Waals surface area contributed by atoms with Gasteiger partial charge in [-0.2, -0.15) is 0 Å². The monoisotopic (exact) mass is 295 g/mol. The Balaban J connectivity index is 2.25. The Hall–Kier alpha value is -1.95. The van der Waals surface area contributed by atoms with Gasteiger partial charge in [-0.1, -0.05) is 19.1 Å². The maximum absolute atomic E-state index is 13.0. The highest BCUT2D eigenvalue weighted by Gasteiger charge is 2.08. The van der Waals surface area contributed by atoms with Crippen molar-refractivity contribution in [3.63, 3.8) is 0 Å². The van der Waals surface area contributed by atoms with Gasteiger partial charge >= 0.3 is 0 Å². The third-order valence-corrected chi connectivity index (χ3v) is 2.86. The van der Waals surface area contributed by atoms with E-state index in [0.29, 0.717) is 12.1 Å². The molecule has 0 heterocycles. The van der Waals surface area contributed by atoms with E-state index in [1.807, 2.05) is 13.8 Å². The van der Waals surface area contributed by atoms with Gasteiger partial charge in [0.1, 0.15) is 5.82 Å². The molecule has 0 aliphatic rings. The molecule has 6 heteroatoms. The molecule has 0 spiro atoms. The second-order valence-corrected chi connectivity index (χ2v) is 4.85. The van der Waals surface area contributed by atoms with Crippen LogP contribution in [0, 0.1) is 5.82 Å². The quantitative estimate of drug-likeness (QED) is 0.658. The molecular formula is C15H22FN3O2. The van der Waals surface area contributed by atoms with E-state index in [1.165, 1.54) is 12.1 Å². The van der Waals surface area contributed by atoms with E-state index in [4.69, 9.17) is 0 Å². The van der Waals surface area contributed by atoms with E-state index in [9.17, 15) is 14.0 Å². The van der Waals surface area contributed by atoms with E-state index >= 15 is 0 Å². The molecule has 2 amide bonds. The lowest BCUT2D eigenvalue weighted by Crippen LogP contribution is -2.43. The first kappa shape index (κ1) is 17.1. The number of carbonyl (C=O) groups is 2. The molecule has 1 aromatic rings. The summed E-state index contributed by atoms with van der Waals surface area (Å²) >= 11 is 0. The fourth-order valence-electron chi connectivity index (χ4n) is 1.82. The molecule has 0 aliphatic carbocycles. The van der Waals surface area contributed by atoms with Crippen LogP contribution in [0.15, 0.2) is 24.3 Å². The van der Waals surface area contributed by atoms with E-state index in [1.54, 1.807) is 12.1 Å². The number of amides is 2. The van der Waals surface area contributed by atoms with Crippen LogP contribution in [0.2, 0.25) is 0 Å². The van der Waals surface area contributed by atoms with Gasteiger partial charge in [0.05, 0.1) is 13.0 Å². The van der Waals surface area contributed by atoms with Crippen molar-refractivity contribution in [1.29, 1.82) is 0 Å². The Bertz CT molecular complexity index is 480. The van der Waals surface area contributed by atoms with Crippen molar-refractivity contribution in [3.8, 4) is 0 Å². The van der Waals surface area contributed by atoms with E-state index < -0.39 is 0 Å². The van der Waals surface area contributed by atoms with Crippen molar-refractivity contribution >= 4 is 11.8 Å². The molecule has 0 unspecified atom stereocenters. The summed E-state index contributed by atoms with van der Waals surface area (Å²) < 4.78 is 13.0. The number of nitrogens with one attached hydrogen (secondary N) is 3. The molecule has 21 heavy (non-hydrogen) atoms. The van der Waals surface area contributed by atoms with Crippen molar-refractivity contribution in [2.24, 2.45) is 0 Å². The molecule has 0 aromatic heterocycles. The lowest BCUT2D eigenvalue weighted by atomic mass is 10.1. The summed E-state index contributed by atoms with van der Waals surface area (Å²) in [7, 11) is 0. The number of likely N-dealkylation sites (N-methyl/N-ethyl adjacent to an activating group) is 1. The van der Waals surface area contributed by atoms with Crippen LogP contribution < -0.4 is 16.0 Å². The van der Waals surface area contributed by atoms with Crippen molar-refractivity contribution in [2.75, 3.05) is 19.6 Å². The molecule has 0 bridgehead atoms. The summed E-state index contributed by atoms with van der Waals surface area (Å²) in [5.41, 5.74) is 0.577. The fourth-order valence-corrected chi connectivity index (χ4v) is 1.82. The zero-order chi connectivity index (χ0) is 15.7. The average Bonchev–Trinajstić information content (AvgIpc) is 2.43. The summed E-state index contributed by atoms with van der Waals surface area (Å²) in [6.45, 7) is 5.22. The molecule has 0 radical (unpaired) electrons. The number of hydrogen-bond donors (Lipinski definition) is 3. The summed E-state index contributed by atoms with van der Waals surface area (Å²) in [6, 6.07) is 6.02. The zero-order valence-electron chi connectivity index (χ0n) is 12.4. The SMILES string of the molecule is CCN[C@H](C)CNC(=O)CNC(=O)Cc1cccc(F)c1. The summed E-state index contributed by atoms with van der Waals surface area (Å²) in [5, 5.41) is 8.40. The van der Waals surface area contributed by atoms with Crippen molar-refractivity contribution in [1.82, 2.24) is 16.0 Å². The van der Waals surface area contributed by atoms with Crippen LogP contribution in [0.1, 0.15) is 19.4 Å². The van der Waals surface area contributed by atoms with Crippen LogP contribution in [0.25, 0.3) is 0 Å². The molecule has 1 aromatic carbocycles. The zero-order valence-corrected chi connectivity index (χ0v) is 12.4. The molecule has 0 saturated heterocycles. The fraction of sp³-hybridized carbons (Fsp3) is 0.467. The minimum atomic E-state index is -0.379. The van der Waals surface area contributed by atoms with Gasteiger partial charge in [-0.3, -0.25) is 9.59 Å². The second-order valence-electron chi connectivity index (χ2n) is 4.85. The number of carbonyl (C=O) groups excluding carboxylic acids is 2. The van der Waals surface area contributed by atoms with E-state index in [2.05, 4.69) is 16.0 Å². The molecule has 0 aliphatic heterocycles. The lowest BCUT2D eigenvalue weighted by molar-refractivity contribution is -0.125. The largest absolute Gasteiger partial charge is 0.353 e. The van der Waals surface area contributed by atoms with Gasteiger partial charge < -0.3 is 16.0 Å². The molecule has 1 rings (SSSR count). The maximum atomic E-state index is 13.0. The Labute approximate surface area is 124 Å². The molecule has 116 valence electrons. The van der Waals surface area contributed by atoms with Crippen LogP contribution in [-0.4, -0.2) is 37.5 Å². The van der Waals surface area contributed by atoms with Gasteiger partial charge in [-0.25, -0.2) is 4.39 Å². The van der Waals surface area contributed by atoms with Gasteiger partial charge in [-0.05, 0) is 31.2 Å². The topological polar surface area (TPSA) is 70.2 Å². The first-order chi connectivity index (χ1) is 10.0. The molecule has 5 nitrogen and oxygen atoms in total. The number of hydrogen-bond acceptors (Lipinski definition) is 3. The van der Waals surface area contributed by atoms with Gasteiger partial charge in [-0.15, -0.1) is 0 Å². The van der Waals surface area contributed by atoms with Crippen molar-refractivity contribution in [3.05, 3.63) is 35.6 Å². The third kappa shape index (κ3) is 7.41. The van der Waals surface area contributed by atoms with E-state index in [-0.39, 0.29) is 36.6 Å². The van der Waals surface area contributed by atoms with Gasteiger partial charge in [0.2, 0.25) is 11.8 Å². The Kier molecular flexibility index (Phi) is 7.39. The molecular weight excluding hydrogens is 273 g/mol. The van der Waals surface area contributed by atoms with Crippen LogP contribution in [-0.2, 0) is 16.0 Å². The van der Waals surface area contributed by atoms with Gasteiger partial charge in [0.25, 0.3) is 0 Å². The van der Waals surface area contributed by atoms with Crippen LogP contribution >= 0.6 is 0 Å². The molecule has 3 N–H and O–H groups in total. The highest BCUT2D eigenvalue weighted by atomic mass is 19.1. The highest BCUT2D eigenvalue weighted by molar-refractivity contribution is 5.85. The highest BCUT2D eigenvalue weighted by Crippen LogP contribution is 2.03. The van der Waals surface area contributed by atoms with Gasteiger partial charge in [0, 0.05) is 12.6 Å². The standard InChI is InChI=1S/C15H22FN3O2/c1-3-17-11(2)9-18-15(21)10-19-14(20)8-12-5-4-6-13(16)7-12/h4-7,11,17H,3,8-10H2,1-2H3,(H,18,21)(H,19,20)/t11-/m1/s1. The summed E-state index contributed by atoms with van der Waals surface area (Å²) in [4.78, 5) is 23.2. The first-order valence-electron chi connectivity index (χ1n) is 7.02. The van der Waals surface area contributed by atoms with Crippen LogP contribution in [0.3, 0.4) is 0 Å². The maximum Gasteiger partial charge on any atom is 0.239 e. The van der Waals surface area contributed by atoms with Crippen LogP contribution in [0.4, 0.5) is 4.39 Å². The summed E-state index contributed by atoms with van der Waals surface area (Å²) in [6.07, 6.45) is 0.0544. The molecule has 0 fully saturated rings. The summed E-state index contributed by atoms with van der Waals surface area (Å²) in [5.74, 6) is -0.932. The third-order valence-electron chi connectivity index (χ3n) is 2.86. The molecule has 1 atom stereocenters. The van der Waals surface area contributed by atoms with E-state index in [0.717, 1.165) is 6.54 Å². The van der Waals surface area contributed by atoms with Crippen molar-refractivity contribution in [2.45, 2.75) is 26.3 Å². The number of rotatable bonds is 8. The Morgan fingerprint density at radius 1 is 1.24 bits per heavy atom. The Morgan fingerprint density at radius 2 is 2.00 bits per heavy atom. The lowest BCUT2D eigenvalue weighted by Gasteiger charge is -2.13. The first-order valence-corrected chi connectivity index (χ1v) is 7.02. The number of benzene rings is 1. The molecule has 0 saturated carbocycles. The van der Waals surface area contributed by atoms with Crippen molar-refractivity contribution < 1.29 is 14.0 Å². The van der Waals surface area contributed by atoms with Gasteiger partial charge in [0.15, 0.2) is 0 Å². The minimum absolute atomic E-state index is 0.0544. The normalized spacial score (nSPS) is 11.8. The Morgan fingerprint density at radius 3 is 2.67 bits per heavy atom. The smallest absolute Gasteiger partial charge is 0.239 e. The predicted octanol–water partition coefficient (Wildman–Crippen LogP) is 0.599. The minimum Gasteiger partial charge on any atom is -0.353 e. The predicted molar refractivity (Wildman–Crippen MR) is 79.3 cm³/mol. The number of halogens is 1. The van der Waals surface area contributed by atoms with Crippen LogP contribution in [0.5, 0.6) is 0 Å². The second kappa shape index (κ2) is 9.07. The average molecular weight is 295 g/mol.